The topological polar surface area (TPSA) is 45.0 Å². The van der Waals surface area contributed by atoms with Crippen LogP contribution < -0.4 is 4.90 Å². The predicted octanol–water partition coefficient (Wildman–Crippen LogP) is 2.45. The molecule has 3 heterocycles. The maximum Gasteiger partial charge on any atom is 0.211 e. The third-order valence-electron chi connectivity index (χ3n) is 4.15. The van der Waals surface area contributed by atoms with E-state index in [2.05, 4.69) is 4.90 Å². The molecule has 1 saturated heterocycles. The molecule has 3 rings (SSSR count). The van der Waals surface area contributed by atoms with Gasteiger partial charge in [-0.25, -0.2) is 8.42 Å². The first-order valence-electron chi connectivity index (χ1n) is 7.17. The van der Waals surface area contributed by atoms with Crippen molar-refractivity contribution in [1.29, 1.82) is 0 Å². The van der Waals surface area contributed by atoms with Gasteiger partial charge in [0.2, 0.25) is 10.0 Å². The average Bonchev–Trinajstić information content (AvgIpc) is 2.82. The van der Waals surface area contributed by atoms with Gasteiger partial charge < -0.3 is 9.30 Å². The zero-order valence-electron chi connectivity index (χ0n) is 13.0. The smallest absolute Gasteiger partial charge is 0.211 e. The average molecular weight is 342 g/mol. The Hall–Kier alpha value is -1.24. The fraction of sp³-hybridized carbons (Fsp3) is 0.467. The van der Waals surface area contributed by atoms with Crippen molar-refractivity contribution < 1.29 is 8.42 Å². The zero-order chi connectivity index (χ0) is 16.1. The van der Waals surface area contributed by atoms with Crippen molar-refractivity contribution in [2.75, 3.05) is 30.8 Å². The molecule has 7 heteroatoms. The molecule has 2 aromatic rings. The number of aromatic nitrogens is 1. The van der Waals surface area contributed by atoms with E-state index >= 15 is 0 Å². The second kappa shape index (κ2) is 5.15. The summed E-state index contributed by atoms with van der Waals surface area (Å²) in [7, 11) is -3.20. The zero-order valence-corrected chi connectivity index (χ0v) is 14.5. The van der Waals surface area contributed by atoms with Gasteiger partial charge in [-0.1, -0.05) is 11.6 Å². The Bertz CT molecular complexity index is 813. The highest BCUT2D eigenvalue weighted by Crippen LogP contribution is 2.32. The van der Waals surface area contributed by atoms with E-state index in [-0.39, 0.29) is 0 Å². The molecule has 0 aliphatic carbocycles. The number of pyridine rings is 1. The van der Waals surface area contributed by atoms with Crippen LogP contribution in [0.2, 0.25) is 5.02 Å². The summed E-state index contributed by atoms with van der Waals surface area (Å²) in [5.41, 5.74) is 1.66. The lowest BCUT2D eigenvalue weighted by atomic mass is 10.0. The molecule has 2 aromatic heterocycles. The van der Waals surface area contributed by atoms with Gasteiger partial charge in [-0.15, -0.1) is 0 Å². The first-order chi connectivity index (χ1) is 10.2. The molecular weight excluding hydrogens is 322 g/mol. The molecule has 0 amide bonds. The van der Waals surface area contributed by atoms with Crippen molar-refractivity contribution in [2.45, 2.75) is 19.4 Å². The largest absolute Gasteiger partial charge is 0.367 e. The van der Waals surface area contributed by atoms with Crippen molar-refractivity contribution in [2.24, 2.45) is 0 Å². The monoisotopic (exact) mass is 341 g/mol. The predicted molar refractivity (Wildman–Crippen MR) is 90.2 cm³/mol. The molecule has 120 valence electrons. The maximum atomic E-state index is 12.0. The molecule has 0 saturated carbocycles. The van der Waals surface area contributed by atoms with Crippen molar-refractivity contribution in [3.63, 3.8) is 0 Å². The van der Waals surface area contributed by atoms with Crippen molar-refractivity contribution >= 4 is 32.8 Å². The SMILES string of the molecule is CC1(C)CN(c2cc(Cl)cn3cccc23)CCN1S(C)(=O)=O. The molecule has 0 bridgehead atoms. The lowest BCUT2D eigenvalue weighted by Crippen LogP contribution is -2.60. The van der Waals surface area contributed by atoms with Gasteiger partial charge in [0.05, 0.1) is 22.5 Å². The summed E-state index contributed by atoms with van der Waals surface area (Å²) in [4.78, 5) is 2.21. The molecule has 0 spiro atoms. The van der Waals surface area contributed by atoms with E-state index in [9.17, 15) is 8.42 Å². The minimum Gasteiger partial charge on any atom is -0.367 e. The summed E-state index contributed by atoms with van der Waals surface area (Å²) >= 11 is 6.22. The van der Waals surface area contributed by atoms with E-state index in [0.29, 0.717) is 24.7 Å². The summed E-state index contributed by atoms with van der Waals surface area (Å²) in [6.07, 6.45) is 5.11. The van der Waals surface area contributed by atoms with Crippen LogP contribution in [0.15, 0.2) is 30.6 Å². The number of nitrogens with zero attached hydrogens (tertiary/aromatic N) is 3. The van der Waals surface area contributed by atoms with Crippen LogP contribution in [-0.2, 0) is 10.0 Å². The Balaban J connectivity index is 1.99. The van der Waals surface area contributed by atoms with Gasteiger partial charge in [-0.05, 0) is 32.0 Å². The van der Waals surface area contributed by atoms with Crippen LogP contribution in [0, 0.1) is 0 Å². The van der Waals surface area contributed by atoms with Crippen molar-refractivity contribution in [3.8, 4) is 0 Å². The van der Waals surface area contributed by atoms with Crippen LogP contribution in [0.5, 0.6) is 0 Å². The van der Waals surface area contributed by atoms with E-state index in [0.717, 1.165) is 11.2 Å². The number of halogens is 1. The van der Waals surface area contributed by atoms with Crippen molar-refractivity contribution in [3.05, 3.63) is 35.6 Å². The van der Waals surface area contributed by atoms with E-state index in [1.54, 1.807) is 4.31 Å². The Morgan fingerprint density at radius 3 is 2.64 bits per heavy atom. The lowest BCUT2D eigenvalue weighted by Gasteiger charge is -2.46. The standard InChI is InChI=1S/C15H20ClN3O2S/c1-15(2)11-18(7-8-19(15)22(3,20)21)14-9-12(16)10-17-6-4-5-13(14)17/h4-6,9-10H,7-8,11H2,1-3H3. The Kier molecular flexibility index (Phi) is 3.66. The molecule has 5 nitrogen and oxygen atoms in total. The quantitative estimate of drug-likeness (QED) is 0.842. The first-order valence-corrected chi connectivity index (χ1v) is 9.40. The highest BCUT2D eigenvalue weighted by atomic mass is 35.5. The summed E-state index contributed by atoms with van der Waals surface area (Å²) < 4.78 is 27.5. The van der Waals surface area contributed by atoms with E-state index < -0.39 is 15.6 Å². The molecule has 22 heavy (non-hydrogen) atoms. The van der Waals surface area contributed by atoms with E-state index in [4.69, 9.17) is 11.6 Å². The summed E-state index contributed by atoms with van der Waals surface area (Å²) in [6, 6.07) is 5.97. The first kappa shape index (κ1) is 15.6. The number of piperazine rings is 1. The molecule has 0 unspecified atom stereocenters. The number of fused-ring (bicyclic) bond motifs is 1. The number of hydrogen-bond donors (Lipinski definition) is 0. The van der Waals surface area contributed by atoms with Crippen LogP contribution in [0.4, 0.5) is 5.69 Å². The van der Waals surface area contributed by atoms with E-state index in [1.165, 1.54) is 6.26 Å². The Morgan fingerprint density at radius 2 is 2.00 bits per heavy atom. The van der Waals surface area contributed by atoms with Gasteiger partial charge in [-0.3, -0.25) is 0 Å². The summed E-state index contributed by atoms with van der Waals surface area (Å²) in [5.74, 6) is 0. The van der Waals surface area contributed by atoms with Crippen LogP contribution in [0.1, 0.15) is 13.8 Å². The number of sulfonamides is 1. The number of anilines is 1. The second-order valence-electron chi connectivity index (χ2n) is 6.41. The molecular formula is C15H20ClN3O2S. The third-order valence-corrected chi connectivity index (χ3v) is 5.83. The fourth-order valence-corrected chi connectivity index (χ4v) is 4.89. The number of rotatable bonds is 2. The Morgan fingerprint density at radius 1 is 1.27 bits per heavy atom. The van der Waals surface area contributed by atoms with Gasteiger partial charge >= 0.3 is 0 Å². The maximum absolute atomic E-state index is 12.0. The molecule has 0 atom stereocenters. The molecule has 0 aromatic carbocycles. The van der Waals surface area contributed by atoms with Gasteiger partial charge in [0.15, 0.2) is 0 Å². The highest BCUT2D eigenvalue weighted by Gasteiger charge is 2.39. The number of hydrogen-bond acceptors (Lipinski definition) is 3. The molecule has 1 aliphatic heterocycles. The van der Waals surface area contributed by atoms with Gasteiger partial charge in [0.1, 0.15) is 0 Å². The normalized spacial score (nSPS) is 19.7. The summed E-state index contributed by atoms with van der Waals surface area (Å²) in [5, 5.41) is 0.669. The lowest BCUT2D eigenvalue weighted by molar-refractivity contribution is 0.206. The van der Waals surface area contributed by atoms with E-state index in [1.807, 2.05) is 48.8 Å². The van der Waals surface area contributed by atoms with Crippen LogP contribution in [-0.4, -0.2) is 48.6 Å². The highest BCUT2D eigenvalue weighted by molar-refractivity contribution is 7.88. The molecule has 1 fully saturated rings. The van der Waals surface area contributed by atoms with Crippen LogP contribution in [0.3, 0.4) is 0 Å². The molecule has 1 aliphatic rings. The molecule has 0 radical (unpaired) electrons. The minimum absolute atomic E-state index is 0.461. The third kappa shape index (κ3) is 2.71. The summed E-state index contributed by atoms with van der Waals surface area (Å²) in [6.45, 7) is 5.67. The van der Waals surface area contributed by atoms with Crippen molar-refractivity contribution in [1.82, 2.24) is 8.71 Å². The minimum atomic E-state index is -3.20. The van der Waals surface area contributed by atoms with Gasteiger partial charge in [-0.2, -0.15) is 4.31 Å². The van der Waals surface area contributed by atoms with Crippen LogP contribution >= 0.6 is 11.6 Å². The molecule has 0 N–H and O–H groups in total. The Labute approximate surface area is 136 Å². The van der Waals surface area contributed by atoms with Gasteiger partial charge in [0.25, 0.3) is 0 Å². The van der Waals surface area contributed by atoms with Crippen LogP contribution in [0.25, 0.3) is 5.52 Å². The fourth-order valence-electron chi connectivity index (χ4n) is 3.31. The second-order valence-corrected chi connectivity index (χ2v) is 8.76. The van der Waals surface area contributed by atoms with Gasteiger partial charge in [0, 0.05) is 37.6 Å².